The second-order valence-corrected chi connectivity index (χ2v) is 9.23. The van der Waals surface area contributed by atoms with Crippen molar-refractivity contribution in [2.45, 2.75) is 29.4 Å². The summed E-state index contributed by atoms with van der Waals surface area (Å²) in [5.41, 5.74) is -0.107. The van der Waals surface area contributed by atoms with E-state index in [1.807, 2.05) is 0 Å². The molecule has 5 nitrogen and oxygen atoms in total. The lowest BCUT2D eigenvalue weighted by atomic mass is 10.1. The molecule has 0 aliphatic rings. The molecule has 178 valence electrons. The number of benzene rings is 3. The van der Waals surface area contributed by atoms with Gasteiger partial charge in [-0.05, 0) is 48.9 Å². The van der Waals surface area contributed by atoms with Crippen molar-refractivity contribution in [1.82, 2.24) is 9.97 Å². The second-order valence-electron chi connectivity index (χ2n) is 7.78. The summed E-state index contributed by atoms with van der Waals surface area (Å²) in [6.45, 7) is 1.73. The van der Waals surface area contributed by atoms with E-state index < -0.39 is 22.5 Å². The maximum atomic E-state index is 14.0. The van der Waals surface area contributed by atoms with Gasteiger partial charge in [-0.1, -0.05) is 36.3 Å². The molecule has 4 aromatic rings. The van der Waals surface area contributed by atoms with Gasteiger partial charge < -0.3 is 9.88 Å². The Morgan fingerprint density at radius 3 is 2.51 bits per heavy atom. The summed E-state index contributed by atoms with van der Waals surface area (Å²) < 4.78 is 55.0. The summed E-state index contributed by atoms with van der Waals surface area (Å²) in [4.78, 5) is 21.1. The Labute approximate surface area is 202 Å². The van der Waals surface area contributed by atoms with Gasteiger partial charge in [-0.25, -0.2) is 9.19 Å². The number of fused-ring (bicyclic) bond motifs is 1. The quantitative estimate of drug-likeness (QED) is 0.380. The number of terminal acetylenes is 1. The zero-order chi connectivity index (χ0) is 25.2. The fraction of sp³-hybridized carbons (Fsp3) is 0.154. The number of anilines is 1. The molecule has 0 fully saturated rings. The maximum absolute atomic E-state index is 14.0. The van der Waals surface area contributed by atoms with Crippen LogP contribution in [-0.2, 0) is 23.5 Å². The molecule has 1 N–H and O–H groups in total. The number of hydrogen-bond acceptors (Lipinski definition) is 4. The predicted molar refractivity (Wildman–Crippen MR) is 130 cm³/mol. The minimum atomic E-state index is -4.74. The molecule has 0 saturated heterocycles. The Hall–Kier alpha value is -3.90. The number of hydrogen-bond donors (Lipinski definition) is 1. The third-order valence-corrected chi connectivity index (χ3v) is 6.83. The Morgan fingerprint density at radius 1 is 1.09 bits per heavy atom. The molecular weight excluding hydrogens is 475 g/mol. The number of nitrogens with zero attached hydrogens (tertiary/aromatic N) is 2. The number of H-pyrrole nitrogens is 1. The highest BCUT2D eigenvalue weighted by Crippen LogP contribution is 2.37. The largest absolute Gasteiger partial charge is 0.417 e. The highest BCUT2D eigenvalue weighted by atomic mass is 32.2. The minimum Gasteiger partial charge on any atom is -0.356 e. The van der Waals surface area contributed by atoms with Crippen LogP contribution in [0.2, 0.25) is 0 Å². The number of nitrogens with one attached hydrogen (secondary N) is 1. The lowest BCUT2D eigenvalue weighted by Gasteiger charge is -2.25. The third kappa shape index (κ3) is 5.12. The molecule has 35 heavy (non-hydrogen) atoms. The summed E-state index contributed by atoms with van der Waals surface area (Å²) in [5.74, 6) is 2.92. The van der Waals surface area contributed by atoms with Crippen molar-refractivity contribution in [1.29, 1.82) is 0 Å². The van der Waals surface area contributed by atoms with Crippen LogP contribution in [0, 0.1) is 19.3 Å². The fourth-order valence-corrected chi connectivity index (χ4v) is 5.06. The van der Waals surface area contributed by atoms with Gasteiger partial charge in [0.15, 0.2) is 0 Å². The Bertz CT molecular complexity index is 1510. The van der Waals surface area contributed by atoms with Gasteiger partial charge in [0, 0.05) is 17.1 Å². The van der Waals surface area contributed by atoms with Gasteiger partial charge in [0.05, 0.1) is 38.7 Å². The van der Waals surface area contributed by atoms with Crippen LogP contribution in [0.15, 0.2) is 81.3 Å². The number of aryl methyl sites for hydroxylation is 1. The van der Waals surface area contributed by atoms with Crippen molar-refractivity contribution in [3.8, 4) is 12.3 Å². The molecule has 0 radical (unpaired) electrons. The number of halogens is 3. The van der Waals surface area contributed by atoms with Crippen LogP contribution in [0.25, 0.3) is 10.9 Å². The molecule has 1 heterocycles. The van der Waals surface area contributed by atoms with Crippen molar-refractivity contribution in [2.75, 3.05) is 11.4 Å². The van der Waals surface area contributed by atoms with Crippen molar-refractivity contribution >= 4 is 27.4 Å². The van der Waals surface area contributed by atoms with Gasteiger partial charge in [0.1, 0.15) is 5.82 Å². The van der Waals surface area contributed by atoms with Crippen LogP contribution < -0.4 is 10.5 Å². The van der Waals surface area contributed by atoms with Gasteiger partial charge in [-0.3, -0.25) is 4.79 Å². The van der Waals surface area contributed by atoms with E-state index in [4.69, 9.17) is 6.42 Å². The minimum absolute atomic E-state index is 0.00794. The van der Waals surface area contributed by atoms with Crippen molar-refractivity contribution in [2.24, 2.45) is 0 Å². The lowest BCUT2D eigenvalue weighted by Crippen LogP contribution is -2.25. The second kappa shape index (κ2) is 9.76. The lowest BCUT2D eigenvalue weighted by molar-refractivity contribution is -0.139. The SMILES string of the molecule is C#CCN(Cc1cccc2nc(C)[nH]c(=O)c12)c1ccc(S(=O)c2ccccc2)c(C(F)(F)F)c1. The van der Waals surface area contributed by atoms with Crippen molar-refractivity contribution in [3.63, 3.8) is 0 Å². The Kier molecular flexibility index (Phi) is 6.76. The molecule has 0 bridgehead atoms. The highest BCUT2D eigenvalue weighted by Gasteiger charge is 2.36. The van der Waals surface area contributed by atoms with E-state index in [1.165, 1.54) is 24.3 Å². The molecule has 0 saturated carbocycles. The first-order chi connectivity index (χ1) is 16.7. The van der Waals surface area contributed by atoms with E-state index in [0.717, 1.165) is 6.07 Å². The third-order valence-electron chi connectivity index (χ3n) is 5.37. The van der Waals surface area contributed by atoms with E-state index >= 15 is 0 Å². The average Bonchev–Trinajstić information content (AvgIpc) is 2.82. The smallest absolute Gasteiger partial charge is 0.356 e. The molecule has 1 aromatic heterocycles. The van der Waals surface area contributed by atoms with Crippen LogP contribution in [-0.4, -0.2) is 20.7 Å². The standard InChI is InChI=1S/C26H20F3N3O2S/c1-3-14-32(16-18-8-7-11-22-24(18)25(33)31-17(2)30-22)19-12-13-23(21(15-19)26(27,28)29)35(34)20-9-5-4-6-10-20/h1,4-13,15H,14,16H2,2H3,(H,30,31,33). The molecule has 9 heteroatoms. The topological polar surface area (TPSA) is 66.1 Å². The number of aromatic nitrogens is 2. The van der Waals surface area contributed by atoms with Crippen molar-refractivity contribution in [3.05, 3.63) is 94.0 Å². The summed E-state index contributed by atoms with van der Waals surface area (Å²) in [5, 5.41) is 0.345. The van der Waals surface area contributed by atoms with Gasteiger partial charge in [-0.2, -0.15) is 13.2 Å². The summed E-state index contributed by atoms with van der Waals surface area (Å²) >= 11 is 0. The van der Waals surface area contributed by atoms with Gasteiger partial charge in [0.2, 0.25) is 0 Å². The van der Waals surface area contributed by atoms with Crippen LogP contribution in [0.5, 0.6) is 0 Å². The number of alkyl halides is 3. The highest BCUT2D eigenvalue weighted by molar-refractivity contribution is 7.85. The molecular formula is C26H20F3N3O2S. The maximum Gasteiger partial charge on any atom is 0.417 e. The molecule has 0 aliphatic heterocycles. The summed E-state index contributed by atoms with van der Waals surface area (Å²) in [6, 6.07) is 16.7. The zero-order valence-electron chi connectivity index (χ0n) is 18.6. The summed E-state index contributed by atoms with van der Waals surface area (Å²) in [7, 11) is -2.02. The fourth-order valence-electron chi connectivity index (χ4n) is 3.83. The number of rotatable bonds is 6. The first-order valence-corrected chi connectivity index (χ1v) is 11.7. The normalized spacial score (nSPS) is 12.3. The Balaban J connectivity index is 1.79. The molecule has 1 unspecified atom stereocenters. The zero-order valence-corrected chi connectivity index (χ0v) is 19.4. The van der Waals surface area contributed by atoms with Crippen molar-refractivity contribution < 1.29 is 17.4 Å². The first-order valence-electron chi connectivity index (χ1n) is 10.5. The molecule has 0 amide bonds. The first kappa shape index (κ1) is 24.2. The van der Waals surface area contributed by atoms with E-state index in [9.17, 15) is 22.2 Å². The molecule has 3 aromatic carbocycles. The molecule has 0 aliphatic carbocycles. The number of aromatic amines is 1. The van der Waals surface area contributed by atoms with Crippen LogP contribution in [0.1, 0.15) is 17.0 Å². The summed E-state index contributed by atoms with van der Waals surface area (Å²) in [6.07, 6.45) is 0.778. The van der Waals surface area contributed by atoms with Crippen LogP contribution in [0.4, 0.5) is 18.9 Å². The van der Waals surface area contributed by atoms with Crippen LogP contribution >= 0.6 is 0 Å². The van der Waals surface area contributed by atoms with E-state index in [2.05, 4.69) is 15.9 Å². The van der Waals surface area contributed by atoms with Gasteiger partial charge >= 0.3 is 6.18 Å². The van der Waals surface area contributed by atoms with Gasteiger partial charge in [0.25, 0.3) is 5.56 Å². The molecule has 4 rings (SSSR count). The van der Waals surface area contributed by atoms with E-state index in [0.29, 0.717) is 22.3 Å². The van der Waals surface area contributed by atoms with E-state index in [-0.39, 0.29) is 34.1 Å². The predicted octanol–water partition coefficient (Wildman–Crippen LogP) is 5.06. The van der Waals surface area contributed by atoms with E-state index in [1.54, 1.807) is 48.2 Å². The van der Waals surface area contributed by atoms with Gasteiger partial charge in [-0.15, -0.1) is 6.42 Å². The van der Waals surface area contributed by atoms with Crippen LogP contribution in [0.3, 0.4) is 0 Å². The Morgan fingerprint density at radius 2 is 1.83 bits per heavy atom. The molecule has 0 spiro atoms. The average molecular weight is 496 g/mol. The monoisotopic (exact) mass is 495 g/mol. The molecule has 1 atom stereocenters.